The van der Waals surface area contributed by atoms with Crippen molar-refractivity contribution in [3.8, 4) is 0 Å². The van der Waals surface area contributed by atoms with Crippen LogP contribution in [0.2, 0.25) is 0 Å². The Kier molecular flexibility index (Phi) is 17.6. The van der Waals surface area contributed by atoms with Crippen LogP contribution in [-0.4, -0.2) is 4.98 Å². The van der Waals surface area contributed by atoms with Gasteiger partial charge in [0.25, 0.3) is 0 Å². The maximum Gasteiger partial charge on any atom is 0.0372 e. The summed E-state index contributed by atoms with van der Waals surface area (Å²) in [5.74, 6) is 0.799. The first-order valence-electron chi connectivity index (χ1n) is 7.21. The summed E-state index contributed by atoms with van der Waals surface area (Å²) in [4.78, 5) is 3.98. The molecule has 0 atom stereocenters. The van der Waals surface area contributed by atoms with Gasteiger partial charge in [0, 0.05) is 11.9 Å². The molecule has 0 radical (unpaired) electrons. The lowest BCUT2D eigenvalue weighted by Gasteiger charge is -2.22. The third kappa shape index (κ3) is 17.5. The van der Waals surface area contributed by atoms with Gasteiger partial charge >= 0.3 is 0 Å². The van der Waals surface area contributed by atoms with Crippen molar-refractivity contribution in [3.05, 3.63) is 30.1 Å². The van der Waals surface area contributed by atoms with Crippen LogP contribution in [0.4, 0.5) is 0 Å². The largest absolute Gasteiger partial charge is 0.262 e. The van der Waals surface area contributed by atoms with E-state index in [4.69, 9.17) is 0 Å². The average molecular weight is 253 g/mol. The van der Waals surface area contributed by atoms with Gasteiger partial charge in [0.1, 0.15) is 0 Å². The molecule has 0 spiro atoms. The number of rotatable bonds is 0. The van der Waals surface area contributed by atoms with E-state index in [1.807, 2.05) is 52.8 Å². The second kappa shape index (κ2) is 14.2. The lowest BCUT2D eigenvalue weighted by molar-refractivity contribution is 0.283. The number of pyridine rings is 1. The highest BCUT2D eigenvalue weighted by Gasteiger charge is 2.13. The van der Waals surface area contributed by atoms with Crippen LogP contribution in [0, 0.1) is 18.3 Å². The van der Waals surface area contributed by atoms with E-state index in [-0.39, 0.29) is 0 Å². The molecule has 18 heavy (non-hydrogen) atoms. The van der Waals surface area contributed by atoms with Crippen molar-refractivity contribution in [2.24, 2.45) is 11.3 Å². The zero-order valence-corrected chi connectivity index (χ0v) is 14.3. The van der Waals surface area contributed by atoms with Gasteiger partial charge in [-0.3, -0.25) is 4.98 Å². The Morgan fingerprint density at radius 3 is 1.44 bits per heavy atom. The van der Waals surface area contributed by atoms with Gasteiger partial charge < -0.3 is 0 Å². The number of hydrogen-bond acceptors (Lipinski definition) is 1. The normalized spacial score (nSPS) is 9.06. The molecule has 0 bridgehead atoms. The maximum atomic E-state index is 3.98. The standard InChI is InChI=1S/C7H16.C6H7N.2C2H6/c1-6(2)7(3,4)5;1-6-4-2-3-5-7-6;2*1-2/h6H,1-5H3;2-5H,1H3;2*1-2H3. The summed E-state index contributed by atoms with van der Waals surface area (Å²) < 4.78 is 0. The van der Waals surface area contributed by atoms with Gasteiger partial charge in [-0.05, 0) is 30.4 Å². The number of aromatic nitrogens is 1. The summed E-state index contributed by atoms with van der Waals surface area (Å²) in [6, 6.07) is 5.86. The first-order valence-corrected chi connectivity index (χ1v) is 7.21. The van der Waals surface area contributed by atoms with Gasteiger partial charge in [-0.15, -0.1) is 0 Å². The Bertz CT molecular complexity index is 232. The average Bonchev–Trinajstić information content (AvgIpc) is 2.35. The fourth-order valence-corrected chi connectivity index (χ4v) is 0.448. The molecule has 0 saturated heterocycles. The summed E-state index contributed by atoms with van der Waals surface area (Å²) in [6.07, 6.45) is 1.79. The lowest BCUT2D eigenvalue weighted by Crippen LogP contribution is -2.12. The number of hydrogen-bond donors (Lipinski definition) is 0. The minimum Gasteiger partial charge on any atom is -0.262 e. The van der Waals surface area contributed by atoms with Crippen molar-refractivity contribution in [3.63, 3.8) is 0 Å². The Balaban J connectivity index is -0.000000196. The SMILES string of the molecule is CC.CC.CC(C)C(C)(C)C.Cc1ccccn1. The molecule has 0 amide bonds. The van der Waals surface area contributed by atoms with Crippen LogP contribution in [-0.2, 0) is 0 Å². The molecule has 0 fully saturated rings. The molecule has 0 aliphatic rings. The van der Waals surface area contributed by atoms with E-state index >= 15 is 0 Å². The van der Waals surface area contributed by atoms with E-state index in [9.17, 15) is 0 Å². The van der Waals surface area contributed by atoms with E-state index in [1.54, 1.807) is 6.20 Å². The van der Waals surface area contributed by atoms with Crippen molar-refractivity contribution in [2.45, 2.75) is 69.2 Å². The van der Waals surface area contributed by atoms with E-state index in [2.05, 4.69) is 39.6 Å². The number of aryl methyl sites for hydroxylation is 1. The highest BCUT2D eigenvalue weighted by atomic mass is 14.6. The molecule has 1 heteroatoms. The summed E-state index contributed by atoms with van der Waals surface area (Å²) in [5.41, 5.74) is 1.57. The third-order valence-electron chi connectivity index (χ3n) is 2.54. The molecule has 1 heterocycles. The van der Waals surface area contributed by atoms with Gasteiger partial charge in [-0.1, -0.05) is 68.4 Å². The second-order valence-corrected chi connectivity index (χ2v) is 4.99. The van der Waals surface area contributed by atoms with Crippen molar-refractivity contribution in [1.82, 2.24) is 4.98 Å². The molecule has 0 aromatic carbocycles. The number of nitrogens with zero attached hydrogens (tertiary/aromatic N) is 1. The fourth-order valence-electron chi connectivity index (χ4n) is 0.448. The lowest BCUT2D eigenvalue weighted by atomic mass is 9.84. The van der Waals surface area contributed by atoms with Crippen molar-refractivity contribution in [1.29, 1.82) is 0 Å². The third-order valence-corrected chi connectivity index (χ3v) is 2.54. The van der Waals surface area contributed by atoms with Crippen molar-refractivity contribution < 1.29 is 0 Å². The predicted molar refractivity (Wildman–Crippen MR) is 86.0 cm³/mol. The van der Waals surface area contributed by atoms with Gasteiger partial charge in [0.2, 0.25) is 0 Å². The molecule has 0 aliphatic heterocycles. The molecule has 0 saturated carbocycles. The van der Waals surface area contributed by atoms with E-state index in [0.717, 1.165) is 11.6 Å². The molecule has 1 nitrogen and oxygen atoms in total. The monoisotopic (exact) mass is 253 g/mol. The van der Waals surface area contributed by atoms with Crippen LogP contribution in [0.5, 0.6) is 0 Å². The Morgan fingerprint density at radius 1 is 0.944 bits per heavy atom. The van der Waals surface area contributed by atoms with E-state index < -0.39 is 0 Å². The van der Waals surface area contributed by atoms with Crippen LogP contribution in [0.25, 0.3) is 0 Å². The minimum absolute atomic E-state index is 0.500. The minimum atomic E-state index is 0.500. The van der Waals surface area contributed by atoms with Gasteiger partial charge in [0.05, 0.1) is 0 Å². The highest BCUT2D eigenvalue weighted by Crippen LogP contribution is 2.23. The molecule has 0 aliphatic carbocycles. The Hall–Kier alpha value is -0.850. The van der Waals surface area contributed by atoms with E-state index in [0.29, 0.717) is 5.41 Å². The van der Waals surface area contributed by atoms with Crippen LogP contribution >= 0.6 is 0 Å². The van der Waals surface area contributed by atoms with Gasteiger partial charge in [-0.2, -0.15) is 0 Å². The molecule has 1 aromatic rings. The Morgan fingerprint density at radius 2 is 1.33 bits per heavy atom. The first kappa shape index (κ1) is 22.3. The highest BCUT2D eigenvalue weighted by molar-refractivity contribution is 4.99. The molecule has 0 unspecified atom stereocenters. The topological polar surface area (TPSA) is 12.9 Å². The molecule has 1 aromatic heterocycles. The second-order valence-electron chi connectivity index (χ2n) is 4.99. The van der Waals surface area contributed by atoms with Crippen LogP contribution in [0.1, 0.15) is 68.0 Å². The van der Waals surface area contributed by atoms with Crippen LogP contribution < -0.4 is 0 Å². The first-order chi connectivity index (χ1) is 8.34. The molecule has 1 rings (SSSR count). The summed E-state index contributed by atoms with van der Waals surface area (Å²) in [6.45, 7) is 21.3. The zero-order valence-electron chi connectivity index (χ0n) is 14.3. The summed E-state index contributed by atoms with van der Waals surface area (Å²) in [5, 5.41) is 0. The van der Waals surface area contributed by atoms with Crippen molar-refractivity contribution in [2.75, 3.05) is 0 Å². The summed E-state index contributed by atoms with van der Waals surface area (Å²) in [7, 11) is 0. The zero-order chi connectivity index (χ0) is 15.2. The summed E-state index contributed by atoms with van der Waals surface area (Å²) >= 11 is 0. The fraction of sp³-hybridized carbons (Fsp3) is 0.706. The Labute approximate surface area is 116 Å². The predicted octanol–water partition coefficient (Wildman–Crippen LogP) is 6.13. The molecule has 108 valence electrons. The maximum absolute atomic E-state index is 3.98. The van der Waals surface area contributed by atoms with Crippen LogP contribution in [0.15, 0.2) is 24.4 Å². The smallest absolute Gasteiger partial charge is 0.0372 e. The quantitative estimate of drug-likeness (QED) is 0.542. The van der Waals surface area contributed by atoms with Crippen molar-refractivity contribution >= 4 is 0 Å². The van der Waals surface area contributed by atoms with E-state index in [1.165, 1.54) is 0 Å². The van der Waals surface area contributed by atoms with Gasteiger partial charge in [-0.25, -0.2) is 0 Å². The van der Waals surface area contributed by atoms with Crippen LogP contribution in [0.3, 0.4) is 0 Å². The van der Waals surface area contributed by atoms with Gasteiger partial charge in [0.15, 0.2) is 0 Å². The molecular weight excluding hydrogens is 218 g/mol. The molecular formula is C17H35N. The molecule has 0 N–H and O–H groups in total.